The Morgan fingerprint density at radius 3 is 2.12 bits per heavy atom. The monoisotopic (exact) mass is 387 g/mol. The maximum atomic E-state index is 12.2. The summed E-state index contributed by atoms with van der Waals surface area (Å²) >= 11 is 11.6. The first-order valence-electron chi connectivity index (χ1n) is 7.91. The van der Waals surface area contributed by atoms with Crippen LogP contribution in [0.15, 0.2) is 54.6 Å². The fourth-order valence-electron chi connectivity index (χ4n) is 2.40. The molecule has 3 rings (SSSR count). The molecule has 1 heterocycles. The Labute approximate surface area is 160 Å². The first-order chi connectivity index (χ1) is 12.5. The number of amides is 2. The van der Waals surface area contributed by atoms with Gasteiger partial charge in [0, 0.05) is 34.6 Å². The minimum atomic E-state index is -0.220. The normalized spacial score (nSPS) is 10.5. The number of carbonyl (C=O) groups is 2. The number of fused-ring (bicyclic) bond motifs is 1. The molecule has 2 amide bonds. The molecule has 0 atom stereocenters. The minimum absolute atomic E-state index is 0.218. The molecule has 0 aliphatic heterocycles. The van der Waals surface area contributed by atoms with Gasteiger partial charge in [0.25, 0.3) is 11.8 Å². The number of hydrogen-bond donors (Lipinski definition) is 2. The standard InChI is InChI=1S/C19H15Cl2N3O2/c20-15-5-1-12(2-6-15)18(25)22-9-10-23-19(26)14-3-7-16-13(11-14)4-8-17(21)24-16/h1-8,11H,9-10H2,(H,22,25)(H,23,26). The van der Waals surface area contributed by atoms with Gasteiger partial charge in [0.05, 0.1) is 5.52 Å². The van der Waals surface area contributed by atoms with E-state index in [4.69, 9.17) is 23.2 Å². The molecule has 5 nitrogen and oxygen atoms in total. The Morgan fingerprint density at radius 1 is 0.808 bits per heavy atom. The Bertz CT molecular complexity index is 959. The van der Waals surface area contributed by atoms with Crippen LogP contribution in [-0.4, -0.2) is 29.9 Å². The van der Waals surface area contributed by atoms with E-state index >= 15 is 0 Å². The van der Waals surface area contributed by atoms with Crippen LogP contribution in [0.1, 0.15) is 20.7 Å². The molecule has 0 saturated carbocycles. The Morgan fingerprint density at radius 2 is 1.42 bits per heavy atom. The Kier molecular flexibility index (Phi) is 5.71. The largest absolute Gasteiger partial charge is 0.350 e. The van der Waals surface area contributed by atoms with Gasteiger partial charge in [-0.3, -0.25) is 9.59 Å². The Balaban J connectivity index is 1.51. The number of hydrogen-bond acceptors (Lipinski definition) is 3. The van der Waals surface area contributed by atoms with E-state index in [1.807, 2.05) is 6.07 Å². The Hall–Kier alpha value is -2.63. The summed E-state index contributed by atoms with van der Waals surface area (Å²) in [5.41, 5.74) is 1.76. The van der Waals surface area contributed by atoms with Crippen molar-refractivity contribution < 1.29 is 9.59 Å². The van der Waals surface area contributed by atoms with Gasteiger partial charge in [0.15, 0.2) is 0 Å². The zero-order chi connectivity index (χ0) is 18.5. The van der Waals surface area contributed by atoms with Crippen molar-refractivity contribution in [2.75, 3.05) is 13.1 Å². The minimum Gasteiger partial charge on any atom is -0.350 e. The number of carbonyl (C=O) groups excluding carboxylic acids is 2. The molecular weight excluding hydrogens is 373 g/mol. The fraction of sp³-hybridized carbons (Fsp3) is 0.105. The van der Waals surface area contributed by atoms with Crippen LogP contribution in [0.4, 0.5) is 0 Å². The highest BCUT2D eigenvalue weighted by atomic mass is 35.5. The van der Waals surface area contributed by atoms with Crippen molar-refractivity contribution in [3.63, 3.8) is 0 Å². The summed E-state index contributed by atoms with van der Waals surface area (Å²) in [6.45, 7) is 0.632. The second-order valence-electron chi connectivity index (χ2n) is 5.56. The molecule has 0 bridgehead atoms. The molecular formula is C19H15Cl2N3O2. The third-order valence-electron chi connectivity index (χ3n) is 3.72. The number of pyridine rings is 1. The van der Waals surface area contributed by atoms with E-state index in [0.29, 0.717) is 34.4 Å². The summed E-state index contributed by atoms with van der Waals surface area (Å²) in [6.07, 6.45) is 0. The fourth-order valence-corrected chi connectivity index (χ4v) is 2.68. The number of rotatable bonds is 5. The quantitative estimate of drug-likeness (QED) is 0.517. The molecule has 0 spiro atoms. The summed E-state index contributed by atoms with van der Waals surface area (Å²) in [5.74, 6) is -0.438. The lowest BCUT2D eigenvalue weighted by Crippen LogP contribution is -2.34. The first kappa shape index (κ1) is 18.2. The van der Waals surface area contributed by atoms with E-state index in [9.17, 15) is 9.59 Å². The second kappa shape index (κ2) is 8.17. The smallest absolute Gasteiger partial charge is 0.251 e. The summed E-state index contributed by atoms with van der Waals surface area (Å²) in [6, 6.07) is 15.3. The van der Waals surface area contributed by atoms with Gasteiger partial charge < -0.3 is 10.6 Å². The molecule has 3 aromatic rings. The van der Waals surface area contributed by atoms with Gasteiger partial charge >= 0.3 is 0 Å². The number of aromatic nitrogens is 1. The van der Waals surface area contributed by atoms with Crippen molar-refractivity contribution in [2.24, 2.45) is 0 Å². The molecule has 0 unspecified atom stereocenters. The van der Waals surface area contributed by atoms with Crippen LogP contribution in [0.25, 0.3) is 10.9 Å². The molecule has 132 valence electrons. The second-order valence-corrected chi connectivity index (χ2v) is 6.38. The van der Waals surface area contributed by atoms with Crippen LogP contribution in [0.5, 0.6) is 0 Å². The molecule has 0 saturated heterocycles. The van der Waals surface area contributed by atoms with Gasteiger partial charge in [0.2, 0.25) is 0 Å². The van der Waals surface area contributed by atoms with Crippen molar-refractivity contribution in [1.29, 1.82) is 0 Å². The van der Waals surface area contributed by atoms with E-state index in [0.717, 1.165) is 10.9 Å². The zero-order valence-electron chi connectivity index (χ0n) is 13.6. The summed E-state index contributed by atoms with van der Waals surface area (Å²) in [7, 11) is 0. The van der Waals surface area contributed by atoms with Gasteiger partial charge in [-0.05, 0) is 54.6 Å². The summed E-state index contributed by atoms with van der Waals surface area (Å²) in [4.78, 5) is 28.4. The number of halogens is 2. The lowest BCUT2D eigenvalue weighted by Gasteiger charge is -2.08. The van der Waals surface area contributed by atoms with E-state index < -0.39 is 0 Å². The van der Waals surface area contributed by atoms with Crippen molar-refractivity contribution >= 4 is 45.9 Å². The van der Waals surface area contributed by atoms with E-state index in [1.54, 1.807) is 48.5 Å². The average Bonchev–Trinajstić information content (AvgIpc) is 2.65. The lowest BCUT2D eigenvalue weighted by molar-refractivity contribution is 0.0928. The predicted octanol–water partition coefficient (Wildman–Crippen LogP) is 3.70. The van der Waals surface area contributed by atoms with Crippen molar-refractivity contribution in [3.8, 4) is 0 Å². The van der Waals surface area contributed by atoms with E-state index in [-0.39, 0.29) is 11.8 Å². The third kappa shape index (κ3) is 4.50. The molecule has 2 N–H and O–H groups in total. The molecule has 0 fully saturated rings. The molecule has 0 aliphatic rings. The van der Waals surface area contributed by atoms with Crippen LogP contribution in [0, 0.1) is 0 Å². The number of benzene rings is 2. The van der Waals surface area contributed by atoms with Crippen LogP contribution in [-0.2, 0) is 0 Å². The van der Waals surface area contributed by atoms with Crippen molar-refractivity contribution in [3.05, 3.63) is 75.9 Å². The molecule has 1 aromatic heterocycles. The topological polar surface area (TPSA) is 71.1 Å². The van der Waals surface area contributed by atoms with Crippen LogP contribution in [0.2, 0.25) is 10.2 Å². The highest BCUT2D eigenvalue weighted by molar-refractivity contribution is 6.30. The first-order valence-corrected chi connectivity index (χ1v) is 8.67. The van der Waals surface area contributed by atoms with E-state index in [2.05, 4.69) is 15.6 Å². The molecule has 2 aromatic carbocycles. The zero-order valence-corrected chi connectivity index (χ0v) is 15.1. The predicted molar refractivity (Wildman–Crippen MR) is 103 cm³/mol. The SMILES string of the molecule is O=C(NCCNC(=O)c1ccc2nc(Cl)ccc2c1)c1ccc(Cl)cc1. The van der Waals surface area contributed by atoms with Crippen LogP contribution in [0.3, 0.4) is 0 Å². The lowest BCUT2D eigenvalue weighted by atomic mass is 10.1. The number of nitrogens with zero attached hydrogens (tertiary/aromatic N) is 1. The van der Waals surface area contributed by atoms with Gasteiger partial charge in [-0.2, -0.15) is 0 Å². The van der Waals surface area contributed by atoms with Crippen LogP contribution < -0.4 is 10.6 Å². The molecule has 0 aliphatic carbocycles. The van der Waals surface area contributed by atoms with Gasteiger partial charge in [0.1, 0.15) is 5.15 Å². The van der Waals surface area contributed by atoms with Crippen molar-refractivity contribution in [1.82, 2.24) is 15.6 Å². The number of nitrogens with one attached hydrogen (secondary N) is 2. The van der Waals surface area contributed by atoms with Gasteiger partial charge in [-0.15, -0.1) is 0 Å². The average molecular weight is 388 g/mol. The molecule has 0 radical (unpaired) electrons. The highest BCUT2D eigenvalue weighted by Crippen LogP contribution is 2.17. The highest BCUT2D eigenvalue weighted by Gasteiger charge is 2.08. The molecule has 7 heteroatoms. The maximum Gasteiger partial charge on any atom is 0.251 e. The van der Waals surface area contributed by atoms with Crippen molar-refractivity contribution in [2.45, 2.75) is 0 Å². The third-order valence-corrected chi connectivity index (χ3v) is 4.18. The van der Waals surface area contributed by atoms with Crippen LogP contribution >= 0.6 is 23.2 Å². The maximum absolute atomic E-state index is 12.2. The van der Waals surface area contributed by atoms with E-state index in [1.165, 1.54) is 0 Å². The summed E-state index contributed by atoms with van der Waals surface area (Å²) in [5, 5.41) is 7.32. The molecule has 26 heavy (non-hydrogen) atoms. The van der Waals surface area contributed by atoms with Gasteiger partial charge in [-0.25, -0.2) is 4.98 Å². The van der Waals surface area contributed by atoms with Gasteiger partial charge in [-0.1, -0.05) is 23.2 Å². The summed E-state index contributed by atoms with van der Waals surface area (Å²) < 4.78 is 0.